The molecule has 0 aliphatic carbocycles. The van der Waals surface area contributed by atoms with E-state index >= 15 is 0 Å². The summed E-state index contributed by atoms with van der Waals surface area (Å²) >= 11 is 0. The van der Waals surface area contributed by atoms with Gasteiger partial charge in [0, 0.05) is 0 Å². The van der Waals surface area contributed by atoms with Crippen LogP contribution >= 0.6 is 0 Å². The lowest BCUT2D eigenvalue weighted by Crippen LogP contribution is -3.00. The molecule has 0 saturated carbocycles. The van der Waals surface area contributed by atoms with Gasteiger partial charge < -0.3 is 17.0 Å². The lowest BCUT2D eigenvalue weighted by Gasteiger charge is -2.19. The largest absolute Gasteiger partial charge is 1.00 e. The van der Waals surface area contributed by atoms with Gasteiger partial charge in [-0.15, -0.1) is 0 Å². The molecule has 40 heavy (non-hydrogen) atoms. The van der Waals surface area contributed by atoms with Crippen molar-refractivity contribution in [1.82, 2.24) is 0 Å². The Labute approximate surface area is 265 Å². The maximum Gasteiger partial charge on any atom is 0.0959 e. The summed E-state index contributed by atoms with van der Waals surface area (Å²) in [7, 11) is 4.59. The topological polar surface area (TPSA) is 0 Å². The molecule has 0 aromatic rings. The molecule has 0 radical (unpaired) electrons. The first-order valence-electron chi connectivity index (χ1n) is 18.3. The van der Waals surface area contributed by atoms with E-state index in [0.29, 0.717) is 0 Å². The Morgan fingerprint density at radius 3 is 0.750 bits per heavy atom. The summed E-state index contributed by atoms with van der Waals surface area (Å²) < 4.78 is 0.886. The number of rotatable bonds is 32. The molecule has 0 fully saturated rings. The molecule has 0 spiro atoms. The van der Waals surface area contributed by atoms with Gasteiger partial charge in [0.05, 0.1) is 26.5 Å². The van der Waals surface area contributed by atoms with E-state index in [2.05, 4.69) is 52.5 Å². The summed E-state index contributed by atoms with van der Waals surface area (Å²) in [5, 5.41) is 0. The zero-order chi connectivity index (χ0) is 28.5. The summed E-state index contributed by atoms with van der Waals surface area (Å²) in [5.41, 5.74) is 0. The van der Waals surface area contributed by atoms with Gasteiger partial charge in [-0.3, -0.25) is 4.48 Å². The fourth-order valence-corrected chi connectivity index (χ4v) is 5.66. The minimum atomic E-state index is 0. The number of hydrogen-bond acceptors (Lipinski definition) is 0. The first-order valence-corrected chi connectivity index (χ1v) is 18.3. The average molecular weight is 627 g/mol. The number of quaternary nitrogens is 1. The van der Waals surface area contributed by atoms with E-state index in [1.165, 1.54) is 193 Å². The highest BCUT2D eigenvalue weighted by atomic mass is 79.9. The van der Waals surface area contributed by atoms with Gasteiger partial charge >= 0.3 is 0 Å². The number of allylic oxidation sites excluding steroid dienone is 2. The van der Waals surface area contributed by atoms with Crippen LogP contribution in [0.25, 0.3) is 0 Å². The molecule has 0 heterocycles. The van der Waals surface area contributed by atoms with Crippen molar-refractivity contribution >= 4 is 0 Å². The minimum absolute atomic E-state index is 0. The lowest BCUT2D eigenvalue weighted by molar-refractivity contribution is -0.784. The molecule has 0 amide bonds. The Hall–Kier alpha value is -0.0800. The molecule has 240 valence electrons. The molecule has 0 aliphatic heterocycles. The zero-order valence-corrected chi connectivity index (χ0v) is 29.9. The third-order valence-corrected chi connectivity index (χ3v) is 8.43. The maximum absolute atomic E-state index is 2.41. The maximum atomic E-state index is 2.41. The van der Waals surface area contributed by atoms with Gasteiger partial charge in [-0.25, -0.2) is 0 Å². The van der Waals surface area contributed by atoms with Crippen LogP contribution in [-0.4, -0.2) is 18.6 Å². The smallest absolute Gasteiger partial charge is 0.0959 e. The van der Waals surface area contributed by atoms with Gasteiger partial charge in [0.2, 0.25) is 0 Å². The quantitative estimate of drug-likeness (QED) is 0.0515. The van der Waals surface area contributed by atoms with Gasteiger partial charge in [0.1, 0.15) is 0 Å². The number of unbranched alkanes of at least 4 members (excludes halogenated alkanes) is 28. The highest BCUT2D eigenvalue weighted by Gasteiger charge is 2.05. The molecule has 0 atom stereocenters. The molecule has 0 aromatic carbocycles. The SMILES string of the molecule is CCCCCCCCCCCCCCCCC=C[N+](C)(C)C=CCCCCCCCCCCCCCCCC.[Br-]. The highest BCUT2D eigenvalue weighted by molar-refractivity contribution is 4.80. The van der Waals surface area contributed by atoms with Crippen LogP contribution in [0.15, 0.2) is 24.6 Å². The van der Waals surface area contributed by atoms with Crippen LogP contribution in [0.1, 0.15) is 206 Å². The fraction of sp³-hybridized carbons (Fsp3) is 0.895. The number of halogens is 1. The van der Waals surface area contributed by atoms with Gasteiger partial charge in [-0.1, -0.05) is 181 Å². The van der Waals surface area contributed by atoms with Crippen LogP contribution in [0.2, 0.25) is 0 Å². The second kappa shape index (κ2) is 35.1. The van der Waals surface area contributed by atoms with Crippen LogP contribution in [0, 0.1) is 0 Å². The van der Waals surface area contributed by atoms with Crippen LogP contribution in [0.4, 0.5) is 0 Å². The highest BCUT2D eigenvalue weighted by Crippen LogP contribution is 2.15. The fourth-order valence-electron chi connectivity index (χ4n) is 5.66. The summed E-state index contributed by atoms with van der Waals surface area (Å²) in [6, 6.07) is 0. The van der Waals surface area contributed by atoms with Crippen LogP contribution < -0.4 is 17.0 Å². The minimum Gasteiger partial charge on any atom is -1.00 e. The number of hydrogen-bond donors (Lipinski definition) is 0. The standard InChI is InChI=1S/C38H76N.BrH/c1-5-7-9-11-13-15-17-19-21-23-25-27-29-31-33-35-37-39(3,4)38-36-34-32-30-28-26-24-22-20-18-16-14-12-10-8-6-2;/h35-38H,5-34H2,1-4H3;1H/q+1;/p-1. The summed E-state index contributed by atoms with van der Waals surface area (Å²) in [4.78, 5) is 0. The predicted molar refractivity (Wildman–Crippen MR) is 180 cm³/mol. The average Bonchev–Trinajstić information content (AvgIpc) is 2.92. The third kappa shape index (κ3) is 35.9. The molecule has 2 heteroatoms. The van der Waals surface area contributed by atoms with E-state index in [9.17, 15) is 0 Å². The van der Waals surface area contributed by atoms with Crippen molar-refractivity contribution in [1.29, 1.82) is 0 Å². The van der Waals surface area contributed by atoms with Crippen LogP contribution in [-0.2, 0) is 0 Å². The molecule has 0 aromatic heterocycles. The molecule has 0 bridgehead atoms. The molecular formula is C38H76BrN. The van der Waals surface area contributed by atoms with Crippen molar-refractivity contribution in [3.63, 3.8) is 0 Å². The van der Waals surface area contributed by atoms with E-state index in [1.54, 1.807) is 0 Å². The van der Waals surface area contributed by atoms with Crippen LogP contribution in [0.3, 0.4) is 0 Å². The van der Waals surface area contributed by atoms with E-state index in [-0.39, 0.29) is 17.0 Å². The van der Waals surface area contributed by atoms with Crippen molar-refractivity contribution in [3.05, 3.63) is 24.6 Å². The van der Waals surface area contributed by atoms with E-state index in [0.717, 1.165) is 4.48 Å². The van der Waals surface area contributed by atoms with E-state index < -0.39 is 0 Å². The molecule has 0 aliphatic rings. The van der Waals surface area contributed by atoms with Crippen molar-refractivity contribution in [2.24, 2.45) is 0 Å². The first-order chi connectivity index (χ1) is 19.1. The zero-order valence-electron chi connectivity index (χ0n) is 28.3. The molecular weight excluding hydrogens is 550 g/mol. The predicted octanol–water partition coefficient (Wildman–Crippen LogP) is 10.8. The lowest BCUT2D eigenvalue weighted by atomic mass is 10.0. The Morgan fingerprint density at radius 1 is 0.325 bits per heavy atom. The van der Waals surface area contributed by atoms with Crippen molar-refractivity contribution < 1.29 is 21.5 Å². The second-order valence-electron chi connectivity index (χ2n) is 13.2. The first kappa shape index (κ1) is 42.1. The van der Waals surface area contributed by atoms with Crippen LogP contribution in [0.5, 0.6) is 0 Å². The van der Waals surface area contributed by atoms with Gasteiger partial charge in [-0.2, -0.15) is 0 Å². The van der Waals surface area contributed by atoms with Crippen molar-refractivity contribution in [2.75, 3.05) is 14.1 Å². The van der Waals surface area contributed by atoms with E-state index in [1.807, 2.05) is 0 Å². The Bertz CT molecular complexity index is 466. The number of nitrogens with zero attached hydrogens (tertiary/aromatic N) is 1. The third-order valence-electron chi connectivity index (χ3n) is 8.43. The summed E-state index contributed by atoms with van der Waals surface area (Å²) in [5.74, 6) is 0. The molecule has 1 nitrogen and oxygen atoms in total. The summed E-state index contributed by atoms with van der Waals surface area (Å²) in [6.45, 7) is 4.61. The normalized spacial score (nSPS) is 12.1. The van der Waals surface area contributed by atoms with E-state index in [4.69, 9.17) is 0 Å². The van der Waals surface area contributed by atoms with Crippen molar-refractivity contribution in [3.8, 4) is 0 Å². The van der Waals surface area contributed by atoms with Gasteiger partial charge in [-0.05, 0) is 37.8 Å². The Kier molecular flexibility index (Phi) is 36.9. The van der Waals surface area contributed by atoms with Gasteiger partial charge in [0.25, 0.3) is 0 Å². The molecule has 0 unspecified atom stereocenters. The monoisotopic (exact) mass is 626 g/mol. The molecule has 0 rings (SSSR count). The van der Waals surface area contributed by atoms with Gasteiger partial charge in [0.15, 0.2) is 0 Å². The Morgan fingerprint density at radius 2 is 0.525 bits per heavy atom. The Balaban J connectivity index is 0. The second-order valence-corrected chi connectivity index (χ2v) is 13.2. The molecule has 0 saturated heterocycles. The molecule has 0 N–H and O–H groups in total. The summed E-state index contributed by atoms with van der Waals surface area (Å²) in [6.07, 6.45) is 52.4. The van der Waals surface area contributed by atoms with Crippen molar-refractivity contribution in [2.45, 2.75) is 206 Å².